The highest BCUT2D eigenvalue weighted by atomic mass is 79.9. The van der Waals surface area contributed by atoms with Crippen molar-refractivity contribution in [2.75, 3.05) is 0 Å². The highest BCUT2D eigenvalue weighted by Gasteiger charge is 2.04. The number of ether oxygens (including phenoxy) is 1. The number of nitrogens with zero attached hydrogens (tertiary/aromatic N) is 1. The van der Waals surface area contributed by atoms with E-state index in [1.54, 1.807) is 18.2 Å². The second-order valence-corrected chi connectivity index (χ2v) is 4.16. The Morgan fingerprint density at radius 2 is 1.94 bits per heavy atom. The van der Waals surface area contributed by atoms with Crippen molar-refractivity contribution in [3.05, 3.63) is 52.6 Å². The molecule has 0 aliphatic carbocycles. The average Bonchev–Trinajstić information content (AvgIpc) is 2.32. The van der Waals surface area contributed by atoms with Crippen molar-refractivity contribution in [3.8, 4) is 11.6 Å². The van der Waals surface area contributed by atoms with E-state index >= 15 is 0 Å². The number of hydrogen-bond acceptors (Lipinski definition) is 3. The van der Waals surface area contributed by atoms with Crippen molar-refractivity contribution in [1.82, 2.24) is 4.98 Å². The van der Waals surface area contributed by atoms with Crippen LogP contribution in [-0.4, -0.2) is 10.8 Å². The Bertz CT molecular complexity index is 557. The Kier molecular flexibility index (Phi) is 3.39. The minimum atomic E-state index is -0.0809. The highest BCUT2D eigenvalue weighted by molar-refractivity contribution is 9.10. The first-order valence-electron chi connectivity index (χ1n) is 4.90. The maximum absolute atomic E-state index is 7.30. The third kappa shape index (κ3) is 2.82. The molecule has 0 unspecified atom stereocenters. The summed E-state index contributed by atoms with van der Waals surface area (Å²) >= 11 is 3.38. The van der Waals surface area contributed by atoms with Crippen LogP contribution in [0.25, 0.3) is 0 Å². The van der Waals surface area contributed by atoms with Gasteiger partial charge in [-0.1, -0.05) is 18.2 Å². The van der Waals surface area contributed by atoms with Crippen molar-refractivity contribution in [2.24, 2.45) is 5.73 Å². The third-order valence-corrected chi connectivity index (χ3v) is 2.71. The lowest BCUT2D eigenvalue weighted by molar-refractivity contribution is 0.460. The number of hydrogen-bond donors (Lipinski definition) is 2. The molecule has 4 nitrogen and oxygen atoms in total. The summed E-state index contributed by atoms with van der Waals surface area (Å²) in [6.07, 6.45) is 0. The standard InChI is InChI=1S/C12H10BrN3O/c13-8-4-1-2-6-10(8)17-11-7-3-5-9(16-11)12(14)15/h1-7H,(H3,14,15). The number of nitrogens with one attached hydrogen (secondary N) is 1. The molecule has 17 heavy (non-hydrogen) atoms. The number of benzene rings is 1. The average molecular weight is 292 g/mol. The lowest BCUT2D eigenvalue weighted by Crippen LogP contribution is -2.13. The molecule has 1 aromatic heterocycles. The van der Waals surface area contributed by atoms with Gasteiger partial charge in [-0.2, -0.15) is 0 Å². The van der Waals surface area contributed by atoms with Crippen LogP contribution in [0.1, 0.15) is 5.69 Å². The van der Waals surface area contributed by atoms with Gasteiger partial charge >= 0.3 is 0 Å². The molecule has 0 saturated carbocycles. The van der Waals surface area contributed by atoms with Crippen LogP contribution in [0.5, 0.6) is 11.6 Å². The molecule has 0 saturated heterocycles. The largest absolute Gasteiger partial charge is 0.438 e. The fraction of sp³-hybridized carbons (Fsp3) is 0. The lowest BCUT2D eigenvalue weighted by Gasteiger charge is -2.07. The molecule has 0 radical (unpaired) electrons. The van der Waals surface area contributed by atoms with Crippen LogP contribution in [0.2, 0.25) is 0 Å². The van der Waals surface area contributed by atoms with Gasteiger partial charge in [0.15, 0.2) is 0 Å². The van der Waals surface area contributed by atoms with Crippen LogP contribution in [-0.2, 0) is 0 Å². The Balaban J connectivity index is 2.28. The topological polar surface area (TPSA) is 72.0 Å². The zero-order valence-corrected chi connectivity index (χ0v) is 10.4. The number of amidine groups is 1. The van der Waals surface area contributed by atoms with Crippen molar-refractivity contribution < 1.29 is 4.74 Å². The van der Waals surface area contributed by atoms with E-state index in [1.165, 1.54) is 0 Å². The van der Waals surface area contributed by atoms with Crippen LogP contribution in [0.3, 0.4) is 0 Å². The predicted octanol–water partition coefficient (Wildman–Crippen LogP) is 2.92. The van der Waals surface area contributed by atoms with Crippen LogP contribution in [0.4, 0.5) is 0 Å². The zero-order valence-electron chi connectivity index (χ0n) is 8.85. The maximum Gasteiger partial charge on any atom is 0.219 e. The van der Waals surface area contributed by atoms with E-state index in [0.717, 1.165) is 4.47 Å². The van der Waals surface area contributed by atoms with Crippen LogP contribution in [0.15, 0.2) is 46.9 Å². The third-order valence-electron chi connectivity index (χ3n) is 2.05. The fourth-order valence-electron chi connectivity index (χ4n) is 1.26. The first kappa shape index (κ1) is 11.6. The van der Waals surface area contributed by atoms with Crippen LogP contribution < -0.4 is 10.5 Å². The Morgan fingerprint density at radius 3 is 2.65 bits per heavy atom. The van der Waals surface area contributed by atoms with Gasteiger partial charge in [0, 0.05) is 6.07 Å². The van der Waals surface area contributed by atoms with Gasteiger partial charge in [-0.25, -0.2) is 4.98 Å². The molecule has 0 amide bonds. The van der Waals surface area contributed by atoms with Gasteiger partial charge in [0.2, 0.25) is 5.88 Å². The number of pyridine rings is 1. The summed E-state index contributed by atoms with van der Waals surface area (Å²) in [5, 5.41) is 7.30. The van der Waals surface area contributed by atoms with E-state index in [-0.39, 0.29) is 5.84 Å². The quantitative estimate of drug-likeness (QED) is 0.675. The van der Waals surface area contributed by atoms with E-state index in [4.69, 9.17) is 15.9 Å². The molecule has 0 bridgehead atoms. The molecule has 2 aromatic rings. The summed E-state index contributed by atoms with van der Waals surface area (Å²) in [6, 6.07) is 12.6. The molecule has 5 heteroatoms. The van der Waals surface area contributed by atoms with Crippen LogP contribution >= 0.6 is 15.9 Å². The molecular formula is C12H10BrN3O. The molecule has 0 spiro atoms. The van der Waals surface area contributed by atoms with Crippen LogP contribution in [0, 0.1) is 5.41 Å². The molecule has 1 aromatic carbocycles. The maximum atomic E-state index is 7.30. The number of para-hydroxylation sites is 1. The second kappa shape index (κ2) is 4.97. The Morgan fingerprint density at radius 1 is 1.18 bits per heavy atom. The van der Waals surface area contributed by atoms with E-state index < -0.39 is 0 Å². The fourth-order valence-corrected chi connectivity index (χ4v) is 1.63. The van der Waals surface area contributed by atoms with E-state index in [9.17, 15) is 0 Å². The molecular weight excluding hydrogens is 282 g/mol. The molecule has 0 aliphatic rings. The van der Waals surface area contributed by atoms with Gasteiger partial charge in [0.1, 0.15) is 17.3 Å². The summed E-state index contributed by atoms with van der Waals surface area (Å²) in [5.74, 6) is 0.993. The molecule has 1 heterocycles. The molecule has 0 fully saturated rings. The molecule has 86 valence electrons. The smallest absolute Gasteiger partial charge is 0.219 e. The highest BCUT2D eigenvalue weighted by Crippen LogP contribution is 2.28. The van der Waals surface area contributed by atoms with Gasteiger partial charge in [0.25, 0.3) is 0 Å². The molecule has 3 N–H and O–H groups in total. The monoisotopic (exact) mass is 291 g/mol. The van der Waals surface area contributed by atoms with Gasteiger partial charge in [-0.3, -0.25) is 5.41 Å². The van der Waals surface area contributed by atoms with Gasteiger partial charge in [-0.15, -0.1) is 0 Å². The van der Waals surface area contributed by atoms with Crippen molar-refractivity contribution >= 4 is 21.8 Å². The minimum absolute atomic E-state index is 0.0809. The van der Waals surface area contributed by atoms with Gasteiger partial charge in [0.05, 0.1) is 4.47 Å². The summed E-state index contributed by atoms with van der Waals surface area (Å²) in [6.45, 7) is 0. The zero-order chi connectivity index (χ0) is 12.3. The van der Waals surface area contributed by atoms with E-state index in [2.05, 4.69) is 20.9 Å². The summed E-state index contributed by atoms with van der Waals surface area (Å²) in [5.41, 5.74) is 5.76. The number of halogens is 1. The summed E-state index contributed by atoms with van der Waals surface area (Å²) < 4.78 is 6.43. The van der Waals surface area contributed by atoms with Crippen molar-refractivity contribution in [1.29, 1.82) is 5.41 Å². The van der Waals surface area contributed by atoms with Crippen molar-refractivity contribution in [2.45, 2.75) is 0 Å². The predicted molar refractivity (Wildman–Crippen MR) is 69.5 cm³/mol. The lowest BCUT2D eigenvalue weighted by atomic mass is 10.3. The number of aromatic nitrogens is 1. The molecule has 2 rings (SSSR count). The normalized spacial score (nSPS) is 9.94. The molecule has 0 atom stereocenters. The summed E-state index contributed by atoms with van der Waals surface area (Å²) in [7, 11) is 0. The first-order chi connectivity index (χ1) is 8.16. The van der Waals surface area contributed by atoms with E-state index in [1.807, 2.05) is 24.3 Å². The molecule has 0 aliphatic heterocycles. The number of nitrogen functional groups attached to an aromatic ring is 1. The van der Waals surface area contributed by atoms with Gasteiger partial charge < -0.3 is 10.5 Å². The Labute approximate surface area is 107 Å². The van der Waals surface area contributed by atoms with E-state index in [0.29, 0.717) is 17.3 Å². The summed E-state index contributed by atoms with van der Waals surface area (Å²) in [4.78, 5) is 4.12. The second-order valence-electron chi connectivity index (χ2n) is 3.31. The van der Waals surface area contributed by atoms with Crippen molar-refractivity contribution in [3.63, 3.8) is 0 Å². The number of rotatable bonds is 3. The number of nitrogens with two attached hydrogens (primary N) is 1. The minimum Gasteiger partial charge on any atom is -0.438 e. The SMILES string of the molecule is N=C(N)c1cccc(Oc2ccccc2Br)n1. The Hall–Kier alpha value is -1.88. The first-order valence-corrected chi connectivity index (χ1v) is 5.70. The van der Waals surface area contributed by atoms with Gasteiger partial charge in [-0.05, 0) is 34.1 Å².